The van der Waals surface area contributed by atoms with Crippen LogP contribution in [0.5, 0.6) is 5.75 Å². The van der Waals surface area contributed by atoms with Gasteiger partial charge in [0.15, 0.2) is 5.11 Å². The summed E-state index contributed by atoms with van der Waals surface area (Å²) in [7, 11) is -1.56. The molecule has 1 heterocycles. The minimum absolute atomic E-state index is 0.126. The van der Waals surface area contributed by atoms with Crippen molar-refractivity contribution in [2.24, 2.45) is 0 Å². The quantitative estimate of drug-likeness (QED) is 0.366. The zero-order valence-electron chi connectivity index (χ0n) is 20.3. The van der Waals surface area contributed by atoms with Crippen LogP contribution in [0.2, 0.25) is 0 Å². The molecular formula is C25H34N4O4S2. The van der Waals surface area contributed by atoms with Gasteiger partial charge in [-0.3, -0.25) is 10.1 Å². The van der Waals surface area contributed by atoms with Gasteiger partial charge in [-0.1, -0.05) is 26.2 Å². The molecule has 0 bridgehead atoms. The molecule has 1 aliphatic heterocycles. The number of hydrogen-bond donors (Lipinski definition) is 2. The Balaban J connectivity index is 1.49. The SMILES string of the molecule is CCCCCCOc1ccc(C(=O)NC(=S)Nc2ccc(S(=O)(=O)N3CCN(C)CC3)cc2)cc1. The molecule has 0 atom stereocenters. The lowest BCUT2D eigenvalue weighted by atomic mass is 10.2. The number of amides is 1. The van der Waals surface area contributed by atoms with E-state index in [4.69, 9.17) is 17.0 Å². The van der Waals surface area contributed by atoms with Crippen LogP contribution in [-0.2, 0) is 10.0 Å². The summed E-state index contributed by atoms with van der Waals surface area (Å²) in [5.41, 5.74) is 1.04. The van der Waals surface area contributed by atoms with Gasteiger partial charge in [-0.05, 0) is 74.2 Å². The summed E-state index contributed by atoms with van der Waals surface area (Å²) in [5, 5.41) is 5.69. The molecule has 2 N–H and O–H groups in total. The number of nitrogens with zero attached hydrogens (tertiary/aromatic N) is 2. The molecule has 0 radical (unpaired) electrons. The van der Waals surface area contributed by atoms with E-state index >= 15 is 0 Å². The van der Waals surface area contributed by atoms with Gasteiger partial charge in [-0.15, -0.1) is 0 Å². The zero-order chi connectivity index (χ0) is 25.3. The number of ether oxygens (including phenoxy) is 1. The van der Waals surface area contributed by atoms with Crippen molar-refractivity contribution in [3.63, 3.8) is 0 Å². The summed E-state index contributed by atoms with van der Waals surface area (Å²) in [6.45, 7) is 5.20. The first-order valence-electron chi connectivity index (χ1n) is 11.9. The molecule has 1 aliphatic rings. The van der Waals surface area contributed by atoms with Gasteiger partial charge in [0, 0.05) is 37.4 Å². The van der Waals surface area contributed by atoms with E-state index in [-0.39, 0.29) is 15.9 Å². The molecule has 3 rings (SSSR count). The monoisotopic (exact) mass is 518 g/mol. The molecule has 8 nitrogen and oxygen atoms in total. The largest absolute Gasteiger partial charge is 0.494 e. The average molecular weight is 519 g/mol. The van der Waals surface area contributed by atoms with Crippen molar-refractivity contribution >= 4 is 38.9 Å². The van der Waals surface area contributed by atoms with Crippen molar-refractivity contribution in [1.29, 1.82) is 0 Å². The summed E-state index contributed by atoms with van der Waals surface area (Å²) in [6, 6.07) is 13.3. The second-order valence-electron chi connectivity index (χ2n) is 8.57. The minimum Gasteiger partial charge on any atom is -0.494 e. The molecule has 0 saturated carbocycles. The van der Waals surface area contributed by atoms with E-state index in [0.29, 0.717) is 44.0 Å². The van der Waals surface area contributed by atoms with E-state index in [9.17, 15) is 13.2 Å². The fourth-order valence-corrected chi connectivity index (χ4v) is 5.28. The molecule has 2 aromatic rings. The highest BCUT2D eigenvalue weighted by atomic mass is 32.2. The van der Waals surface area contributed by atoms with Gasteiger partial charge in [0.1, 0.15) is 5.75 Å². The number of rotatable bonds is 10. The van der Waals surface area contributed by atoms with Gasteiger partial charge >= 0.3 is 0 Å². The number of anilines is 1. The lowest BCUT2D eigenvalue weighted by Gasteiger charge is -2.31. The Hall–Kier alpha value is -2.53. The number of sulfonamides is 1. The van der Waals surface area contributed by atoms with Crippen LogP contribution in [0.4, 0.5) is 5.69 Å². The Labute approximate surface area is 213 Å². The van der Waals surface area contributed by atoms with Gasteiger partial charge in [0.2, 0.25) is 10.0 Å². The third kappa shape index (κ3) is 7.99. The van der Waals surface area contributed by atoms with Gasteiger partial charge in [-0.2, -0.15) is 4.31 Å². The predicted molar refractivity (Wildman–Crippen MR) is 142 cm³/mol. The predicted octanol–water partition coefficient (Wildman–Crippen LogP) is 3.71. The van der Waals surface area contributed by atoms with Crippen molar-refractivity contribution in [2.75, 3.05) is 45.2 Å². The number of benzene rings is 2. The Morgan fingerprint density at radius 1 is 0.971 bits per heavy atom. The fourth-order valence-electron chi connectivity index (χ4n) is 3.65. The summed E-state index contributed by atoms with van der Waals surface area (Å²) in [6.07, 6.45) is 4.55. The first-order valence-corrected chi connectivity index (χ1v) is 13.8. The summed E-state index contributed by atoms with van der Waals surface area (Å²) < 4.78 is 32.9. The van der Waals surface area contributed by atoms with Crippen LogP contribution in [0, 0.1) is 0 Å². The first kappa shape index (κ1) is 27.1. The van der Waals surface area contributed by atoms with E-state index < -0.39 is 10.0 Å². The zero-order valence-corrected chi connectivity index (χ0v) is 22.0. The highest BCUT2D eigenvalue weighted by Crippen LogP contribution is 2.20. The van der Waals surface area contributed by atoms with E-state index in [1.165, 1.54) is 17.1 Å². The van der Waals surface area contributed by atoms with Crippen molar-refractivity contribution in [1.82, 2.24) is 14.5 Å². The third-order valence-corrected chi connectivity index (χ3v) is 7.94. The number of nitrogens with one attached hydrogen (secondary N) is 2. The number of thiocarbonyl (C=S) groups is 1. The molecule has 35 heavy (non-hydrogen) atoms. The van der Waals surface area contributed by atoms with Crippen LogP contribution in [0.3, 0.4) is 0 Å². The summed E-state index contributed by atoms with van der Waals surface area (Å²) in [5.74, 6) is 0.386. The van der Waals surface area contributed by atoms with E-state index in [0.717, 1.165) is 18.6 Å². The molecule has 0 unspecified atom stereocenters. The average Bonchev–Trinajstić information content (AvgIpc) is 2.85. The summed E-state index contributed by atoms with van der Waals surface area (Å²) >= 11 is 5.25. The molecule has 0 aromatic heterocycles. The number of piperazine rings is 1. The van der Waals surface area contributed by atoms with Crippen LogP contribution in [0.25, 0.3) is 0 Å². The second kappa shape index (κ2) is 13.0. The van der Waals surface area contributed by atoms with Crippen molar-refractivity contribution in [3.05, 3.63) is 54.1 Å². The normalized spacial score (nSPS) is 14.9. The van der Waals surface area contributed by atoms with Gasteiger partial charge in [0.25, 0.3) is 5.91 Å². The molecule has 0 aliphatic carbocycles. The first-order chi connectivity index (χ1) is 16.8. The lowest BCUT2D eigenvalue weighted by molar-refractivity contribution is 0.0977. The smallest absolute Gasteiger partial charge is 0.257 e. The van der Waals surface area contributed by atoms with E-state index in [1.807, 2.05) is 7.05 Å². The molecule has 2 aromatic carbocycles. The Bertz CT molecular complexity index is 1080. The van der Waals surface area contributed by atoms with Gasteiger partial charge in [0.05, 0.1) is 11.5 Å². The lowest BCUT2D eigenvalue weighted by Crippen LogP contribution is -2.46. The molecule has 0 spiro atoms. The van der Waals surface area contributed by atoms with Crippen LogP contribution in [0.1, 0.15) is 43.0 Å². The minimum atomic E-state index is -3.53. The van der Waals surface area contributed by atoms with Gasteiger partial charge in [-0.25, -0.2) is 8.42 Å². The molecule has 1 fully saturated rings. The van der Waals surface area contributed by atoms with Crippen LogP contribution >= 0.6 is 12.2 Å². The van der Waals surface area contributed by atoms with Crippen molar-refractivity contribution in [3.8, 4) is 5.75 Å². The standard InChI is InChI=1S/C25H34N4O4S2/c1-3-4-5-6-19-33-22-11-7-20(8-12-22)24(30)27-25(34)26-21-9-13-23(14-10-21)35(31,32)29-17-15-28(2)16-18-29/h7-14H,3-6,15-19H2,1-2H3,(H2,26,27,30,34). The number of likely N-dealkylation sites (N-methyl/N-ethyl adjacent to an activating group) is 1. The number of carbonyl (C=O) groups excluding carboxylic acids is 1. The van der Waals surface area contributed by atoms with E-state index in [2.05, 4.69) is 22.5 Å². The number of unbranched alkanes of at least 4 members (excludes halogenated alkanes) is 3. The fraction of sp³-hybridized carbons (Fsp3) is 0.440. The molecule has 1 amide bonds. The number of carbonyl (C=O) groups is 1. The number of hydrogen-bond acceptors (Lipinski definition) is 6. The van der Waals surface area contributed by atoms with Crippen LogP contribution in [-0.4, -0.2) is 68.5 Å². The highest BCUT2D eigenvalue weighted by molar-refractivity contribution is 7.89. The van der Waals surface area contributed by atoms with Crippen LogP contribution < -0.4 is 15.4 Å². The maximum atomic E-state index is 12.8. The Morgan fingerprint density at radius 2 is 1.63 bits per heavy atom. The molecule has 1 saturated heterocycles. The third-order valence-electron chi connectivity index (χ3n) is 5.82. The maximum Gasteiger partial charge on any atom is 0.257 e. The van der Waals surface area contributed by atoms with Crippen LogP contribution in [0.15, 0.2) is 53.4 Å². The summed E-state index contributed by atoms with van der Waals surface area (Å²) in [4.78, 5) is 14.8. The molecular weight excluding hydrogens is 484 g/mol. The molecule has 10 heteroatoms. The van der Waals surface area contributed by atoms with Crippen molar-refractivity contribution in [2.45, 2.75) is 37.5 Å². The topological polar surface area (TPSA) is 91.0 Å². The second-order valence-corrected chi connectivity index (χ2v) is 10.9. The van der Waals surface area contributed by atoms with E-state index in [1.54, 1.807) is 48.5 Å². The Morgan fingerprint density at radius 3 is 2.26 bits per heavy atom. The Kier molecular flexibility index (Phi) is 10.0. The maximum absolute atomic E-state index is 12.8. The van der Waals surface area contributed by atoms with Gasteiger partial charge < -0.3 is 15.0 Å². The highest BCUT2D eigenvalue weighted by Gasteiger charge is 2.27. The molecule has 190 valence electrons. The van der Waals surface area contributed by atoms with Crippen molar-refractivity contribution < 1.29 is 17.9 Å².